The van der Waals surface area contributed by atoms with Gasteiger partial charge < -0.3 is 34.3 Å². The summed E-state index contributed by atoms with van der Waals surface area (Å²) in [4.78, 5) is 25.4. The number of allylic oxidation sites excluding steroid dienone is 5. The van der Waals surface area contributed by atoms with Gasteiger partial charge in [0.2, 0.25) is 0 Å². The van der Waals surface area contributed by atoms with Crippen molar-refractivity contribution in [1.82, 2.24) is 0 Å². The van der Waals surface area contributed by atoms with Crippen molar-refractivity contribution in [1.29, 1.82) is 0 Å². The first-order valence-corrected chi connectivity index (χ1v) is 24.1. The van der Waals surface area contributed by atoms with Gasteiger partial charge >= 0.3 is 11.9 Å². The standard InChI is InChI=1S/C45H80O12S/c1-3-5-7-9-11-13-15-17-19-21-23-25-27-29-31-33-40(46)54-35-38(36-55-45-44(50)43(49)42(48)39(57-45)37-58(51,52)53)56-41(47)34-32-30-28-26-24-22-20-18-16-14-12-10-8-6-4-2/h4,17,19,23,25,38-39,42-45,48-50H,2-3,5-16,18,20-22,24,26-37H2,1H3,(H,51,52,53)/b19-17+,25-23+/t38-,39-,42-,43?,44?,45+/m1/s1. The Labute approximate surface area is 351 Å². The summed E-state index contributed by atoms with van der Waals surface area (Å²) < 4.78 is 54.0. The van der Waals surface area contributed by atoms with Crippen LogP contribution in [0, 0.1) is 0 Å². The molecule has 1 aliphatic heterocycles. The van der Waals surface area contributed by atoms with Crippen LogP contribution in [0.15, 0.2) is 37.0 Å². The maximum absolute atomic E-state index is 12.8. The van der Waals surface area contributed by atoms with E-state index in [1.54, 1.807) is 0 Å². The van der Waals surface area contributed by atoms with Crippen molar-refractivity contribution in [3.63, 3.8) is 0 Å². The number of ether oxygens (including phenoxy) is 4. The van der Waals surface area contributed by atoms with Crippen LogP contribution in [0.2, 0.25) is 0 Å². The molecule has 13 heteroatoms. The van der Waals surface area contributed by atoms with Crippen LogP contribution in [0.1, 0.15) is 180 Å². The Kier molecular flexibility index (Phi) is 33.1. The van der Waals surface area contributed by atoms with Gasteiger partial charge in [0.25, 0.3) is 10.1 Å². The van der Waals surface area contributed by atoms with Crippen LogP contribution >= 0.6 is 0 Å². The van der Waals surface area contributed by atoms with Crippen molar-refractivity contribution in [2.45, 2.75) is 217 Å². The summed E-state index contributed by atoms with van der Waals surface area (Å²) in [5.41, 5.74) is 0. The largest absolute Gasteiger partial charge is 0.462 e. The van der Waals surface area contributed by atoms with Crippen molar-refractivity contribution >= 4 is 22.1 Å². The monoisotopic (exact) mass is 845 g/mol. The van der Waals surface area contributed by atoms with E-state index in [0.29, 0.717) is 12.8 Å². The highest BCUT2D eigenvalue weighted by Gasteiger charge is 2.46. The van der Waals surface area contributed by atoms with Gasteiger partial charge in [0.1, 0.15) is 36.8 Å². The van der Waals surface area contributed by atoms with E-state index in [0.717, 1.165) is 51.4 Å². The number of esters is 2. The van der Waals surface area contributed by atoms with Gasteiger partial charge in [-0.15, -0.1) is 6.58 Å². The first-order valence-electron chi connectivity index (χ1n) is 22.5. The van der Waals surface area contributed by atoms with Crippen LogP contribution < -0.4 is 0 Å². The maximum atomic E-state index is 12.8. The molecule has 0 aromatic carbocycles. The minimum atomic E-state index is -4.60. The first kappa shape index (κ1) is 53.9. The molecule has 0 aromatic rings. The average Bonchev–Trinajstić information content (AvgIpc) is 3.18. The second-order valence-corrected chi connectivity index (χ2v) is 17.3. The zero-order valence-corrected chi connectivity index (χ0v) is 36.6. The van der Waals surface area contributed by atoms with Crippen LogP contribution in [0.25, 0.3) is 0 Å². The van der Waals surface area contributed by atoms with E-state index in [1.807, 2.05) is 6.08 Å². The van der Waals surface area contributed by atoms with Gasteiger partial charge in [-0.1, -0.05) is 140 Å². The lowest BCUT2D eigenvalue weighted by atomic mass is 10.00. The molecular weight excluding hydrogens is 765 g/mol. The van der Waals surface area contributed by atoms with E-state index in [4.69, 9.17) is 18.9 Å². The molecule has 4 N–H and O–H groups in total. The summed E-state index contributed by atoms with van der Waals surface area (Å²) in [5, 5.41) is 30.9. The number of carbonyl (C=O) groups is 2. The van der Waals surface area contributed by atoms with Crippen LogP contribution in [0.3, 0.4) is 0 Å². The number of unbranched alkanes of at least 4 members (excludes halogenated alkanes) is 21. The molecule has 0 aliphatic carbocycles. The fraction of sp³-hybridized carbons (Fsp3) is 0.822. The highest BCUT2D eigenvalue weighted by atomic mass is 32.2. The van der Waals surface area contributed by atoms with E-state index in [-0.39, 0.29) is 19.4 Å². The number of rotatable bonds is 38. The maximum Gasteiger partial charge on any atom is 0.306 e. The molecule has 1 heterocycles. The quantitative estimate of drug-likeness (QED) is 0.0200. The number of aliphatic hydroxyl groups excluding tert-OH is 3. The zero-order chi connectivity index (χ0) is 42.7. The molecule has 0 radical (unpaired) electrons. The van der Waals surface area contributed by atoms with Crippen LogP contribution in [-0.2, 0) is 38.7 Å². The molecule has 2 unspecified atom stereocenters. The zero-order valence-electron chi connectivity index (χ0n) is 35.7. The van der Waals surface area contributed by atoms with Crippen molar-refractivity contribution in [3.8, 4) is 0 Å². The summed E-state index contributed by atoms with van der Waals surface area (Å²) in [6.07, 6.45) is 29.4. The predicted molar refractivity (Wildman–Crippen MR) is 229 cm³/mol. The topological polar surface area (TPSA) is 186 Å². The molecule has 12 nitrogen and oxygen atoms in total. The van der Waals surface area contributed by atoms with Gasteiger partial charge in [-0.3, -0.25) is 14.1 Å². The molecule has 0 saturated carbocycles. The van der Waals surface area contributed by atoms with E-state index in [9.17, 15) is 37.9 Å². The first-order chi connectivity index (χ1) is 28.0. The van der Waals surface area contributed by atoms with Crippen LogP contribution in [0.5, 0.6) is 0 Å². The lowest BCUT2D eigenvalue weighted by molar-refractivity contribution is -0.297. The molecule has 0 aromatic heterocycles. The Hall–Kier alpha value is -2.13. The molecule has 0 bridgehead atoms. The van der Waals surface area contributed by atoms with E-state index < -0.39 is 71.2 Å². The molecule has 6 atom stereocenters. The second kappa shape index (κ2) is 35.6. The smallest absolute Gasteiger partial charge is 0.306 e. The van der Waals surface area contributed by atoms with Gasteiger partial charge in [-0.25, -0.2) is 0 Å². The third kappa shape index (κ3) is 30.0. The Morgan fingerprint density at radius 2 is 1.12 bits per heavy atom. The number of hydrogen-bond acceptors (Lipinski definition) is 11. The Bertz CT molecular complexity index is 1210. The predicted octanol–water partition coefficient (Wildman–Crippen LogP) is 9.00. The molecule has 1 saturated heterocycles. The minimum Gasteiger partial charge on any atom is -0.462 e. The van der Waals surface area contributed by atoms with Gasteiger partial charge in [-0.05, 0) is 57.8 Å². The minimum absolute atomic E-state index is 0.156. The Balaban J connectivity index is 2.47. The van der Waals surface area contributed by atoms with Gasteiger partial charge in [-0.2, -0.15) is 8.42 Å². The van der Waals surface area contributed by atoms with Crippen molar-refractivity contribution in [2.24, 2.45) is 0 Å². The van der Waals surface area contributed by atoms with Crippen LogP contribution in [-0.4, -0.2) is 96.0 Å². The molecule has 0 spiro atoms. The third-order valence-electron chi connectivity index (χ3n) is 10.3. The summed E-state index contributed by atoms with van der Waals surface area (Å²) in [6.45, 7) is 5.25. The SMILES string of the molecule is C=CCCCCCCCCCCCCCCCC(=O)O[C@H](COC(=O)CCCC/C=C/C/C=C/CCCCCCCC)CO[C@H]1O[C@H](CS(=O)(=O)O)[C@@H](O)C(O)C1O. The van der Waals surface area contributed by atoms with E-state index >= 15 is 0 Å². The molecule has 1 fully saturated rings. The molecule has 58 heavy (non-hydrogen) atoms. The summed E-state index contributed by atoms with van der Waals surface area (Å²) in [6, 6.07) is 0. The van der Waals surface area contributed by atoms with Crippen molar-refractivity contribution in [3.05, 3.63) is 37.0 Å². The molecule has 1 rings (SSSR count). The normalized spacial score (nSPS) is 20.5. The molecule has 1 aliphatic rings. The summed E-state index contributed by atoms with van der Waals surface area (Å²) in [5.74, 6) is -2.03. The Morgan fingerprint density at radius 1 is 0.638 bits per heavy atom. The lowest BCUT2D eigenvalue weighted by Gasteiger charge is -2.40. The van der Waals surface area contributed by atoms with Crippen molar-refractivity contribution in [2.75, 3.05) is 19.0 Å². The Morgan fingerprint density at radius 3 is 1.67 bits per heavy atom. The molecule has 338 valence electrons. The van der Waals surface area contributed by atoms with Gasteiger partial charge in [0, 0.05) is 12.8 Å². The number of hydrogen-bond donors (Lipinski definition) is 4. The third-order valence-corrected chi connectivity index (χ3v) is 11.1. The molecular formula is C45H80O12S. The van der Waals surface area contributed by atoms with Gasteiger partial charge in [0.15, 0.2) is 12.4 Å². The number of aliphatic hydroxyl groups is 3. The van der Waals surface area contributed by atoms with E-state index in [2.05, 4.69) is 37.8 Å². The lowest BCUT2D eigenvalue weighted by Crippen LogP contribution is -2.60. The van der Waals surface area contributed by atoms with Crippen LogP contribution in [0.4, 0.5) is 0 Å². The highest BCUT2D eigenvalue weighted by molar-refractivity contribution is 7.85. The van der Waals surface area contributed by atoms with Gasteiger partial charge in [0.05, 0.1) is 6.61 Å². The fourth-order valence-corrected chi connectivity index (χ4v) is 7.49. The summed E-state index contributed by atoms with van der Waals surface area (Å²) in [7, 11) is -4.60. The summed E-state index contributed by atoms with van der Waals surface area (Å²) >= 11 is 0. The second-order valence-electron chi connectivity index (χ2n) is 15.8. The van der Waals surface area contributed by atoms with E-state index in [1.165, 1.54) is 96.3 Å². The number of carbonyl (C=O) groups excluding carboxylic acids is 2. The molecule has 0 amide bonds. The fourth-order valence-electron chi connectivity index (χ4n) is 6.80. The van der Waals surface area contributed by atoms with Crippen molar-refractivity contribution < 1.29 is 56.8 Å². The average molecular weight is 845 g/mol. The highest BCUT2D eigenvalue weighted by Crippen LogP contribution is 2.24.